The molecule has 264 valence electrons. The van der Waals surface area contributed by atoms with Crippen molar-refractivity contribution in [3.8, 4) is 23.0 Å². The van der Waals surface area contributed by atoms with Crippen LogP contribution in [0.15, 0.2) is 115 Å². The summed E-state index contributed by atoms with van der Waals surface area (Å²) in [7, 11) is 1.17. The van der Waals surface area contributed by atoms with Crippen LogP contribution in [0.5, 0.6) is 23.0 Å². The summed E-state index contributed by atoms with van der Waals surface area (Å²) >= 11 is 0. The van der Waals surface area contributed by atoms with Crippen LogP contribution in [0.3, 0.4) is 0 Å². The van der Waals surface area contributed by atoms with Gasteiger partial charge in [0.1, 0.15) is 28.6 Å². The monoisotopic (exact) mass is 704 g/mol. The lowest BCUT2D eigenvalue weighted by Crippen LogP contribution is -2.13. The van der Waals surface area contributed by atoms with E-state index in [2.05, 4.69) is 13.2 Å². The Balaban J connectivity index is 1.25. The maximum absolute atomic E-state index is 13.2. The third-order valence-corrected chi connectivity index (χ3v) is 7.39. The molecule has 0 saturated carbocycles. The highest BCUT2D eigenvalue weighted by molar-refractivity contribution is 6.00. The first-order valence-electron chi connectivity index (χ1n) is 15.6. The molecule has 0 saturated heterocycles. The van der Waals surface area contributed by atoms with E-state index in [4.69, 9.17) is 33.2 Å². The Labute approximate surface area is 297 Å². The van der Waals surface area contributed by atoms with Gasteiger partial charge in [0.2, 0.25) is 13.6 Å². The number of carbonyl (C=O) groups is 5. The van der Waals surface area contributed by atoms with Gasteiger partial charge in [-0.2, -0.15) is 0 Å². The van der Waals surface area contributed by atoms with Crippen LogP contribution in [0.1, 0.15) is 44.9 Å². The third-order valence-electron chi connectivity index (χ3n) is 7.39. The second-order valence-electron chi connectivity index (χ2n) is 11.3. The Morgan fingerprint density at radius 3 is 1.44 bits per heavy atom. The van der Waals surface area contributed by atoms with Crippen molar-refractivity contribution in [2.75, 3.05) is 20.7 Å². The summed E-state index contributed by atoms with van der Waals surface area (Å²) in [5.41, 5.74) is 0.795. The van der Waals surface area contributed by atoms with Crippen molar-refractivity contribution < 1.29 is 57.1 Å². The zero-order valence-corrected chi connectivity index (χ0v) is 28.4. The minimum Gasteiger partial charge on any atom is -0.465 e. The normalized spacial score (nSPS) is 10.5. The molecule has 0 N–H and O–H groups in total. The van der Waals surface area contributed by atoms with Crippen LogP contribution in [0, 0.1) is 0 Å². The Morgan fingerprint density at radius 1 is 0.519 bits per heavy atom. The van der Waals surface area contributed by atoms with Crippen molar-refractivity contribution >= 4 is 51.4 Å². The average Bonchev–Trinajstić information content (AvgIpc) is 3.14. The van der Waals surface area contributed by atoms with Crippen LogP contribution in [0.4, 0.5) is 0 Å². The predicted molar refractivity (Wildman–Crippen MR) is 188 cm³/mol. The minimum atomic E-state index is -0.821. The van der Waals surface area contributed by atoms with Gasteiger partial charge >= 0.3 is 29.8 Å². The fourth-order valence-electron chi connectivity index (χ4n) is 4.69. The Bertz CT molecular complexity index is 2250. The molecule has 0 spiro atoms. The minimum absolute atomic E-state index is 0.0106. The Hall–Kier alpha value is -6.95. The number of carbonyl (C=O) groups excluding carboxylic acids is 5. The van der Waals surface area contributed by atoms with Crippen LogP contribution in [0.2, 0.25) is 0 Å². The van der Waals surface area contributed by atoms with E-state index in [0.717, 1.165) is 10.8 Å². The number of rotatable bonds is 13. The van der Waals surface area contributed by atoms with Crippen molar-refractivity contribution in [1.82, 2.24) is 0 Å². The molecule has 5 aromatic rings. The summed E-state index contributed by atoms with van der Waals surface area (Å²) in [6.45, 7) is 9.52. The van der Waals surface area contributed by atoms with Gasteiger partial charge in [-0.25, -0.2) is 24.0 Å². The highest BCUT2D eigenvalue weighted by Crippen LogP contribution is 2.29. The number of hydrogen-bond acceptors (Lipinski definition) is 12. The van der Waals surface area contributed by atoms with Crippen LogP contribution >= 0.6 is 0 Å². The van der Waals surface area contributed by atoms with E-state index in [1.165, 1.54) is 39.2 Å². The molecule has 5 aromatic carbocycles. The van der Waals surface area contributed by atoms with Gasteiger partial charge in [-0.3, -0.25) is 0 Å². The number of fused-ring (bicyclic) bond motifs is 2. The molecule has 0 heterocycles. The van der Waals surface area contributed by atoms with Gasteiger partial charge in [0.05, 0.1) is 18.2 Å². The highest BCUT2D eigenvalue weighted by Gasteiger charge is 2.20. The van der Waals surface area contributed by atoms with Crippen LogP contribution < -0.4 is 18.9 Å². The summed E-state index contributed by atoms with van der Waals surface area (Å²) < 4.78 is 36.8. The first-order chi connectivity index (χ1) is 24.9. The van der Waals surface area contributed by atoms with Gasteiger partial charge in [0.15, 0.2) is 0 Å². The smallest absolute Gasteiger partial charge is 0.343 e. The molecule has 0 radical (unpaired) electrons. The van der Waals surface area contributed by atoms with Crippen molar-refractivity contribution in [2.45, 2.75) is 13.8 Å². The second kappa shape index (κ2) is 16.2. The van der Waals surface area contributed by atoms with E-state index < -0.39 is 29.8 Å². The molecule has 0 fully saturated rings. The molecular formula is C40H32O12. The zero-order valence-electron chi connectivity index (χ0n) is 28.4. The molecular weight excluding hydrogens is 672 g/mol. The SMILES string of the molecule is C=C(C)C(=O)OCOc1ccc2cc(C(=O)Oc3ccc(OC(=O)c4ccc5cc(OCOC(=O)C(=C)C)ccc5c4)c(C(=O)OC)c3)ccc2c1. The topological polar surface area (TPSA) is 150 Å². The van der Waals surface area contributed by atoms with Crippen LogP contribution in [0.25, 0.3) is 21.5 Å². The fraction of sp³-hybridized carbons (Fsp3) is 0.125. The molecule has 0 aliphatic rings. The average molecular weight is 705 g/mol. The molecule has 12 heteroatoms. The summed E-state index contributed by atoms with van der Waals surface area (Å²) in [6, 6.07) is 23.9. The summed E-state index contributed by atoms with van der Waals surface area (Å²) in [5.74, 6) is -2.60. The van der Waals surface area contributed by atoms with Crippen molar-refractivity contribution in [3.63, 3.8) is 0 Å². The molecule has 0 aliphatic carbocycles. The summed E-state index contributed by atoms with van der Waals surface area (Å²) in [4.78, 5) is 62.0. The lowest BCUT2D eigenvalue weighted by Gasteiger charge is -2.12. The molecule has 0 atom stereocenters. The first kappa shape index (κ1) is 36.3. The lowest BCUT2D eigenvalue weighted by molar-refractivity contribution is -0.146. The number of benzene rings is 5. The zero-order chi connectivity index (χ0) is 37.4. The summed E-state index contributed by atoms with van der Waals surface area (Å²) in [6.07, 6.45) is 0. The van der Waals surface area contributed by atoms with Crippen molar-refractivity contribution in [3.05, 3.63) is 132 Å². The lowest BCUT2D eigenvalue weighted by atomic mass is 10.1. The van der Waals surface area contributed by atoms with Crippen LogP contribution in [-0.2, 0) is 23.8 Å². The van der Waals surface area contributed by atoms with Crippen molar-refractivity contribution in [2.24, 2.45) is 0 Å². The van der Waals surface area contributed by atoms with E-state index in [9.17, 15) is 24.0 Å². The van der Waals surface area contributed by atoms with E-state index in [1.807, 2.05) is 0 Å². The molecule has 0 aromatic heterocycles. The Morgan fingerprint density at radius 2 is 0.962 bits per heavy atom. The van der Waals surface area contributed by atoms with E-state index in [-0.39, 0.29) is 52.9 Å². The van der Waals surface area contributed by atoms with E-state index >= 15 is 0 Å². The third kappa shape index (κ3) is 8.98. The molecule has 0 bridgehead atoms. The second-order valence-corrected chi connectivity index (χ2v) is 11.3. The molecule has 0 aliphatic heterocycles. The Kier molecular flexibility index (Phi) is 11.3. The maximum Gasteiger partial charge on any atom is 0.343 e. The number of hydrogen-bond donors (Lipinski definition) is 0. The van der Waals surface area contributed by atoms with Gasteiger partial charge in [0, 0.05) is 11.1 Å². The van der Waals surface area contributed by atoms with Gasteiger partial charge in [-0.1, -0.05) is 37.4 Å². The predicted octanol–water partition coefficient (Wildman–Crippen LogP) is 7.13. The number of ether oxygens (including phenoxy) is 7. The van der Waals surface area contributed by atoms with Gasteiger partial charge < -0.3 is 33.2 Å². The molecule has 52 heavy (non-hydrogen) atoms. The molecule has 0 amide bonds. The van der Waals surface area contributed by atoms with E-state index in [1.54, 1.807) is 72.8 Å². The van der Waals surface area contributed by atoms with Crippen molar-refractivity contribution in [1.29, 1.82) is 0 Å². The first-order valence-corrected chi connectivity index (χ1v) is 15.6. The van der Waals surface area contributed by atoms with Gasteiger partial charge in [0.25, 0.3) is 0 Å². The van der Waals surface area contributed by atoms with Gasteiger partial charge in [-0.15, -0.1) is 0 Å². The quantitative estimate of drug-likeness (QED) is 0.0403. The largest absolute Gasteiger partial charge is 0.465 e. The number of esters is 5. The van der Waals surface area contributed by atoms with Gasteiger partial charge in [-0.05, 0) is 102 Å². The molecule has 12 nitrogen and oxygen atoms in total. The van der Waals surface area contributed by atoms with E-state index in [0.29, 0.717) is 22.3 Å². The fourth-order valence-corrected chi connectivity index (χ4v) is 4.69. The maximum atomic E-state index is 13.2. The number of methoxy groups -OCH3 is 1. The summed E-state index contributed by atoms with van der Waals surface area (Å²) in [5, 5.41) is 2.90. The standard InChI is InChI=1S/C40H32O12/c1-23(2)36(41)49-21-47-31-12-10-25-16-29(8-6-27(25)18-31)38(43)51-33-14-15-35(34(20-33)40(45)46-5)52-39(44)30-9-7-28-19-32(13-11-26(28)17-30)48-22-50-37(42)24(3)4/h6-20H,1,3,21-22H2,2,4-5H3. The molecule has 5 rings (SSSR count). The highest BCUT2D eigenvalue weighted by atomic mass is 16.7. The molecule has 0 unspecified atom stereocenters. The van der Waals surface area contributed by atoms with Crippen LogP contribution in [-0.4, -0.2) is 50.5 Å².